The summed E-state index contributed by atoms with van der Waals surface area (Å²) >= 11 is 5.95. The maximum Gasteiger partial charge on any atom is 0.251 e. The molecule has 0 fully saturated rings. The highest BCUT2D eigenvalue weighted by molar-refractivity contribution is 6.30. The average Bonchev–Trinajstić information content (AvgIpc) is 3.16. The number of amides is 1. The lowest BCUT2D eigenvalue weighted by atomic mass is 10.2. The fraction of sp³-hybridized carbons (Fsp3) is 0.136. The molecule has 0 saturated carbocycles. The van der Waals surface area contributed by atoms with Crippen molar-refractivity contribution in [2.45, 2.75) is 6.54 Å². The topological polar surface area (TPSA) is 62.5 Å². The van der Waals surface area contributed by atoms with E-state index in [0.717, 1.165) is 16.8 Å². The largest absolute Gasteiger partial charge is 0.378 e. The van der Waals surface area contributed by atoms with Gasteiger partial charge in [-0.1, -0.05) is 23.7 Å². The third kappa shape index (κ3) is 4.07. The molecule has 0 unspecified atom stereocenters. The Balaban J connectivity index is 1.49. The molecule has 6 nitrogen and oxygen atoms in total. The van der Waals surface area contributed by atoms with Crippen LogP contribution >= 0.6 is 11.6 Å². The zero-order valence-corrected chi connectivity index (χ0v) is 16.9. The van der Waals surface area contributed by atoms with Gasteiger partial charge >= 0.3 is 0 Å². The lowest BCUT2D eigenvalue weighted by Gasteiger charge is -2.13. The molecular weight excluding hydrogens is 386 g/mol. The number of nitrogens with one attached hydrogen (secondary N) is 1. The monoisotopic (exact) mass is 405 g/mol. The first-order valence-corrected chi connectivity index (χ1v) is 9.54. The fourth-order valence-electron chi connectivity index (χ4n) is 3.02. The summed E-state index contributed by atoms with van der Waals surface area (Å²) in [6.45, 7) is 0.459. The van der Waals surface area contributed by atoms with Crippen LogP contribution in [0, 0.1) is 0 Å². The number of nitrogens with zero attached hydrogens (tertiary/aromatic N) is 4. The lowest BCUT2D eigenvalue weighted by Crippen LogP contribution is -2.23. The molecule has 0 radical (unpaired) electrons. The highest BCUT2D eigenvalue weighted by atomic mass is 35.5. The number of benzene rings is 2. The first kappa shape index (κ1) is 19.0. The van der Waals surface area contributed by atoms with Gasteiger partial charge in [-0.3, -0.25) is 9.20 Å². The number of hydrogen-bond acceptors (Lipinski definition) is 4. The van der Waals surface area contributed by atoms with Crippen LogP contribution in [0.5, 0.6) is 0 Å². The number of pyridine rings is 1. The van der Waals surface area contributed by atoms with Crippen molar-refractivity contribution in [3.05, 3.63) is 83.0 Å². The molecule has 4 aromatic rings. The van der Waals surface area contributed by atoms with E-state index in [1.54, 1.807) is 18.3 Å². The maximum atomic E-state index is 12.6. The van der Waals surface area contributed by atoms with Crippen molar-refractivity contribution in [2.75, 3.05) is 19.0 Å². The molecule has 2 aromatic heterocycles. The Hall–Kier alpha value is -3.38. The van der Waals surface area contributed by atoms with Crippen LogP contribution in [-0.4, -0.2) is 34.6 Å². The van der Waals surface area contributed by atoms with E-state index in [4.69, 9.17) is 11.6 Å². The molecule has 1 amide bonds. The molecule has 2 aromatic carbocycles. The summed E-state index contributed by atoms with van der Waals surface area (Å²) < 4.78 is 1.85. The Labute approximate surface area is 173 Å². The van der Waals surface area contributed by atoms with Crippen molar-refractivity contribution in [3.63, 3.8) is 0 Å². The molecular formula is C22H20ClN5O. The highest BCUT2D eigenvalue weighted by Crippen LogP contribution is 2.21. The summed E-state index contributed by atoms with van der Waals surface area (Å²) in [6.07, 6.45) is 1.81. The molecule has 4 rings (SSSR count). The predicted octanol–water partition coefficient (Wildman–Crippen LogP) is 4.05. The van der Waals surface area contributed by atoms with Crippen molar-refractivity contribution in [2.24, 2.45) is 0 Å². The Kier molecular flexibility index (Phi) is 5.18. The van der Waals surface area contributed by atoms with Crippen molar-refractivity contribution in [1.82, 2.24) is 19.9 Å². The zero-order chi connectivity index (χ0) is 20.4. The second kappa shape index (κ2) is 7.93. The van der Waals surface area contributed by atoms with Gasteiger partial charge in [0, 0.05) is 48.7 Å². The van der Waals surface area contributed by atoms with Crippen LogP contribution in [0.25, 0.3) is 17.0 Å². The number of anilines is 1. The van der Waals surface area contributed by atoms with Crippen molar-refractivity contribution in [3.8, 4) is 11.4 Å². The summed E-state index contributed by atoms with van der Waals surface area (Å²) in [5.74, 6) is 0.546. The van der Waals surface area contributed by atoms with Crippen LogP contribution < -0.4 is 10.2 Å². The van der Waals surface area contributed by atoms with Crippen molar-refractivity contribution in [1.29, 1.82) is 0 Å². The molecule has 7 heteroatoms. The molecule has 146 valence electrons. The molecule has 0 aliphatic rings. The molecule has 29 heavy (non-hydrogen) atoms. The second-order valence-corrected chi connectivity index (χ2v) is 7.35. The van der Waals surface area contributed by atoms with Crippen molar-refractivity contribution < 1.29 is 4.79 Å². The number of hydrogen-bond donors (Lipinski definition) is 1. The maximum absolute atomic E-state index is 12.6. The Morgan fingerprint density at radius 1 is 1.03 bits per heavy atom. The summed E-state index contributed by atoms with van der Waals surface area (Å²) in [5.41, 5.74) is 4.21. The molecule has 0 spiro atoms. The van der Waals surface area contributed by atoms with E-state index in [-0.39, 0.29) is 5.91 Å². The van der Waals surface area contributed by atoms with Crippen LogP contribution in [0.2, 0.25) is 5.02 Å². The third-order valence-corrected chi connectivity index (χ3v) is 4.93. The lowest BCUT2D eigenvalue weighted by molar-refractivity contribution is 0.0951. The van der Waals surface area contributed by atoms with Gasteiger partial charge in [-0.25, -0.2) is 0 Å². The number of rotatable bonds is 5. The molecule has 1 N–H and O–H groups in total. The van der Waals surface area contributed by atoms with E-state index in [9.17, 15) is 4.79 Å². The summed E-state index contributed by atoms with van der Waals surface area (Å²) in [6, 6.07) is 19.0. The molecule has 0 saturated heterocycles. The van der Waals surface area contributed by atoms with E-state index < -0.39 is 0 Å². The van der Waals surface area contributed by atoms with Crippen LogP contribution in [0.4, 0.5) is 5.69 Å². The first-order chi connectivity index (χ1) is 14.0. The SMILES string of the molecule is CN(C)c1ccc(CNC(=O)c2ccn3c(-c4ccc(Cl)cc4)nnc3c2)cc1. The Morgan fingerprint density at radius 3 is 2.45 bits per heavy atom. The summed E-state index contributed by atoms with van der Waals surface area (Å²) in [5, 5.41) is 12.1. The van der Waals surface area contributed by atoms with E-state index >= 15 is 0 Å². The van der Waals surface area contributed by atoms with Gasteiger partial charge in [0.2, 0.25) is 0 Å². The number of aromatic nitrogens is 3. The van der Waals surface area contributed by atoms with Gasteiger partial charge < -0.3 is 10.2 Å². The van der Waals surface area contributed by atoms with Crippen LogP contribution in [-0.2, 0) is 6.54 Å². The number of carbonyl (C=O) groups excluding carboxylic acids is 1. The minimum Gasteiger partial charge on any atom is -0.378 e. The standard InChI is InChI=1S/C22H20ClN5O/c1-27(2)19-9-3-15(4-10-19)14-24-22(29)17-11-12-28-20(13-17)25-26-21(28)16-5-7-18(23)8-6-16/h3-13H,14H2,1-2H3,(H,24,29). The van der Waals surface area contributed by atoms with Gasteiger partial charge in [0.1, 0.15) is 0 Å². The fourth-order valence-corrected chi connectivity index (χ4v) is 3.15. The van der Waals surface area contributed by atoms with E-state index in [1.165, 1.54) is 0 Å². The number of carbonyl (C=O) groups is 1. The van der Waals surface area contributed by atoms with E-state index in [1.807, 2.05) is 71.9 Å². The van der Waals surface area contributed by atoms with Crippen LogP contribution in [0.15, 0.2) is 66.9 Å². The summed E-state index contributed by atoms with van der Waals surface area (Å²) in [7, 11) is 3.99. The quantitative estimate of drug-likeness (QED) is 0.544. The molecule has 2 heterocycles. The molecule has 0 aliphatic carbocycles. The van der Waals surface area contributed by atoms with Crippen LogP contribution in [0.1, 0.15) is 15.9 Å². The zero-order valence-electron chi connectivity index (χ0n) is 16.1. The smallest absolute Gasteiger partial charge is 0.251 e. The first-order valence-electron chi connectivity index (χ1n) is 9.16. The number of fused-ring (bicyclic) bond motifs is 1. The molecule has 0 aliphatic heterocycles. The van der Waals surface area contributed by atoms with Gasteiger partial charge in [0.25, 0.3) is 5.91 Å². The van der Waals surface area contributed by atoms with E-state index in [2.05, 4.69) is 15.5 Å². The Bertz CT molecular complexity index is 1150. The van der Waals surface area contributed by atoms with Crippen molar-refractivity contribution >= 4 is 28.8 Å². The van der Waals surface area contributed by atoms with Gasteiger partial charge in [0.15, 0.2) is 11.5 Å². The normalized spacial score (nSPS) is 10.9. The average molecular weight is 406 g/mol. The minimum absolute atomic E-state index is 0.153. The Morgan fingerprint density at radius 2 is 1.76 bits per heavy atom. The van der Waals surface area contributed by atoms with E-state index in [0.29, 0.717) is 28.6 Å². The van der Waals surface area contributed by atoms with Gasteiger partial charge in [-0.05, 0) is 54.1 Å². The summed E-state index contributed by atoms with van der Waals surface area (Å²) in [4.78, 5) is 14.6. The second-order valence-electron chi connectivity index (χ2n) is 6.92. The third-order valence-electron chi connectivity index (χ3n) is 4.68. The molecule has 0 bridgehead atoms. The van der Waals surface area contributed by atoms with Gasteiger partial charge in [0.05, 0.1) is 0 Å². The number of halogens is 1. The highest BCUT2D eigenvalue weighted by Gasteiger charge is 2.12. The van der Waals surface area contributed by atoms with Gasteiger partial charge in [-0.15, -0.1) is 10.2 Å². The van der Waals surface area contributed by atoms with Crippen LogP contribution in [0.3, 0.4) is 0 Å². The van der Waals surface area contributed by atoms with Gasteiger partial charge in [-0.2, -0.15) is 0 Å². The molecule has 0 atom stereocenters. The minimum atomic E-state index is -0.153. The predicted molar refractivity (Wildman–Crippen MR) is 115 cm³/mol.